The van der Waals surface area contributed by atoms with Gasteiger partial charge in [-0.05, 0) is 18.6 Å². The molecule has 0 saturated carbocycles. The van der Waals surface area contributed by atoms with Crippen LogP contribution in [0.1, 0.15) is 13.3 Å². The Labute approximate surface area is 54.3 Å². The lowest BCUT2D eigenvalue weighted by atomic mass is 10.2. The topological polar surface area (TPSA) is 29.1 Å². The molecule has 1 heterocycles. The summed E-state index contributed by atoms with van der Waals surface area (Å²) < 4.78 is 0. The maximum absolute atomic E-state index is 10.6. The van der Waals surface area contributed by atoms with Crippen molar-refractivity contribution < 1.29 is 4.79 Å². The Morgan fingerprint density at radius 1 is 1.78 bits per heavy atom. The monoisotopic (exact) mass is 123 g/mol. The molecule has 1 rings (SSSR count). The molecule has 0 bridgehead atoms. The fourth-order valence-corrected chi connectivity index (χ4v) is 0.862. The van der Waals surface area contributed by atoms with Gasteiger partial charge in [-0.15, -0.1) is 0 Å². The zero-order valence-electron chi connectivity index (χ0n) is 5.40. The first-order valence-electron chi connectivity index (χ1n) is 2.86. The van der Waals surface area contributed by atoms with E-state index in [-0.39, 0.29) is 5.91 Å². The van der Waals surface area contributed by atoms with E-state index in [9.17, 15) is 4.79 Å². The highest BCUT2D eigenvalue weighted by molar-refractivity contribution is 5.84. The molecule has 0 fully saturated rings. The molecule has 48 valence electrons. The third-order valence-electron chi connectivity index (χ3n) is 1.36. The molecule has 0 radical (unpaired) electrons. The second-order valence-electron chi connectivity index (χ2n) is 2.12. The number of carbonyl (C=O) groups excluding carboxylic acids is 1. The van der Waals surface area contributed by atoms with E-state index >= 15 is 0 Å². The first kappa shape index (κ1) is 6.08. The van der Waals surface area contributed by atoms with Crippen molar-refractivity contribution in [2.24, 2.45) is 0 Å². The Morgan fingerprint density at radius 3 is 2.67 bits per heavy atom. The van der Waals surface area contributed by atoms with Crippen molar-refractivity contribution in [2.75, 3.05) is 0 Å². The molecule has 0 aromatic carbocycles. The molecule has 0 aromatic heterocycles. The summed E-state index contributed by atoms with van der Waals surface area (Å²) in [7, 11) is 0. The van der Waals surface area contributed by atoms with E-state index in [0.717, 1.165) is 11.3 Å². The summed E-state index contributed by atoms with van der Waals surface area (Å²) in [4.78, 5) is 10.6. The molecule has 2 heteroatoms. The van der Waals surface area contributed by atoms with E-state index in [4.69, 9.17) is 0 Å². The molecule has 1 aliphatic rings. The normalized spacial score (nSPS) is 18.1. The number of nitrogens with one attached hydrogen (secondary N) is 1. The Morgan fingerprint density at radius 2 is 2.44 bits per heavy atom. The molecular formula is C7H9NO. The Balaban J connectivity index is 2.80. The highest BCUT2D eigenvalue weighted by Gasteiger charge is 2.13. The fraction of sp³-hybridized carbons (Fsp3) is 0.286. The molecule has 0 aromatic rings. The van der Waals surface area contributed by atoms with Gasteiger partial charge in [0.15, 0.2) is 0 Å². The van der Waals surface area contributed by atoms with E-state index in [1.165, 1.54) is 0 Å². The minimum absolute atomic E-state index is 0.0717. The van der Waals surface area contributed by atoms with Gasteiger partial charge in [-0.3, -0.25) is 4.79 Å². The predicted molar refractivity (Wildman–Crippen MR) is 35.7 cm³/mol. The van der Waals surface area contributed by atoms with Gasteiger partial charge in [-0.1, -0.05) is 6.58 Å². The molecule has 0 unspecified atom stereocenters. The number of allylic oxidation sites excluding steroid dienone is 1. The minimum Gasteiger partial charge on any atom is -0.326 e. The SMILES string of the molecule is C=CC1=C(C)CC(=O)N1. The van der Waals surface area contributed by atoms with Crippen LogP contribution < -0.4 is 5.32 Å². The van der Waals surface area contributed by atoms with Crippen LogP contribution in [-0.2, 0) is 4.79 Å². The summed E-state index contributed by atoms with van der Waals surface area (Å²) in [5.41, 5.74) is 1.95. The van der Waals surface area contributed by atoms with Gasteiger partial charge in [0.25, 0.3) is 0 Å². The minimum atomic E-state index is 0.0717. The molecule has 0 aliphatic carbocycles. The highest BCUT2D eigenvalue weighted by Crippen LogP contribution is 2.13. The van der Waals surface area contributed by atoms with Crippen molar-refractivity contribution in [2.45, 2.75) is 13.3 Å². The van der Waals surface area contributed by atoms with E-state index < -0.39 is 0 Å². The van der Waals surface area contributed by atoms with Crippen LogP contribution in [-0.4, -0.2) is 5.91 Å². The number of rotatable bonds is 1. The number of hydrogen-bond acceptors (Lipinski definition) is 1. The van der Waals surface area contributed by atoms with Gasteiger partial charge in [-0.2, -0.15) is 0 Å². The lowest BCUT2D eigenvalue weighted by Crippen LogP contribution is -2.13. The highest BCUT2D eigenvalue weighted by atomic mass is 16.1. The first-order valence-corrected chi connectivity index (χ1v) is 2.86. The second-order valence-corrected chi connectivity index (χ2v) is 2.12. The van der Waals surface area contributed by atoms with E-state index in [2.05, 4.69) is 11.9 Å². The quantitative estimate of drug-likeness (QED) is 0.553. The zero-order chi connectivity index (χ0) is 6.85. The van der Waals surface area contributed by atoms with Gasteiger partial charge in [0.2, 0.25) is 5.91 Å². The Kier molecular flexibility index (Phi) is 1.39. The van der Waals surface area contributed by atoms with Crippen LogP contribution in [0, 0.1) is 0 Å². The number of carbonyl (C=O) groups is 1. The van der Waals surface area contributed by atoms with Crippen molar-refractivity contribution in [3.63, 3.8) is 0 Å². The van der Waals surface area contributed by atoms with Crippen LogP contribution in [0.15, 0.2) is 23.9 Å². The number of amides is 1. The molecule has 2 nitrogen and oxygen atoms in total. The van der Waals surface area contributed by atoms with Crippen LogP contribution in [0.25, 0.3) is 0 Å². The third-order valence-corrected chi connectivity index (χ3v) is 1.36. The summed E-state index contributed by atoms with van der Waals surface area (Å²) in [6, 6.07) is 0. The van der Waals surface area contributed by atoms with Crippen LogP contribution in [0.3, 0.4) is 0 Å². The van der Waals surface area contributed by atoms with Crippen LogP contribution in [0.2, 0.25) is 0 Å². The number of hydrogen-bond donors (Lipinski definition) is 1. The predicted octanol–water partition coefficient (Wildman–Crippen LogP) is 0.966. The zero-order valence-corrected chi connectivity index (χ0v) is 5.40. The average Bonchev–Trinajstić information content (AvgIpc) is 2.10. The molecule has 1 N–H and O–H groups in total. The van der Waals surface area contributed by atoms with Gasteiger partial charge in [0.05, 0.1) is 0 Å². The molecule has 0 saturated heterocycles. The van der Waals surface area contributed by atoms with Gasteiger partial charge in [-0.25, -0.2) is 0 Å². The average molecular weight is 123 g/mol. The van der Waals surface area contributed by atoms with Gasteiger partial charge < -0.3 is 5.32 Å². The van der Waals surface area contributed by atoms with Crippen molar-refractivity contribution in [3.05, 3.63) is 23.9 Å². The van der Waals surface area contributed by atoms with E-state index in [0.29, 0.717) is 6.42 Å². The van der Waals surface area contributed by atoms with Crippen molar-refractivity contribution in [1.29, 1.82) is 0 Å². The van der Waals surface area contributed by atoms with E-state index in [1.54, 1.807) is 6.08 Å². The first-order chi connectivity index (χ1) is 4.24. The molecule has 1 aliphatic heterocycles. The Bertz CT molecular complexity index is 191. The molecule has 0 atom stereocenters. The lowest BCUT2D eigenvalue weighted by Gasteiger charge is -1.91. The molecule has 9 heavy (non-hydrogen) atoms. The van der Waals surface area contributed by atoms with Gasteiger partial charge in [0, 0.05) is 12.1 Å². The Hall–Kier alpha value is -1.05. The molecule has 1 amide bonds. The van der Waals surface area contributed by atoms with Crippen molar-refractivity contribution in [1.82, 2.24) is 5.32 Å². The van der Waals surface area contributed by atoms with Crippen LogP contribution in [0.5, 0.6) is 0 Å². The summed E-state index contributed by atoms with van der Waals surface area (Å²) in [6.45, 7) is 5.48. The van der Waals surface area contributed by atoms with Crippen LogP contribution >= 0.6 is 0 Å². The van der Waals surface area contributed by atoms with E-state index in [1.807, 2.05) is 6.92 Å². The third kappa shape index (κ3) is 1.02. The van der Waals surface area contributed by atoms with Gasteiger partial charge >= 0.3 is 0 Å². The lowest BCUT2D eigenvalue weighted by molar-refractivity contribution is -0.118. The van der Waals surface area contributed by atoms with Crippen molar-refractivity contribution in [3.8, 4) is 0 Å². The van der Waals surface area contributed by atoms with Gasteiger partial charge in [0.1, 0.15) is 0 Å². The summed E-state index contributed by atoms with van der Waals surface area (Å²) in [5.74, 6) is 0.0717. The maximum Gasteiger partial charge on any atom is 0.228 e. The molecular weight excluding hydrogens is 114 g/mol. The fourth-order valence-electron chi connectivity index (χ4n) is 0.862. The molecule has 0 spiro atoms. The standard InChI is InChI=1S/C7H9NO/c1-3-6-5(2)4-7(9)8-6/h3H,1,4H2,2H3,(H,8,9). The van der Waals surface area contributed by atoms with Crippen LogP contribution in [0.4, 0.5) is 0 Å². The summed E-state index contributed by atoms with van der Waals surface area (Å²) >= 11 is 0. The largest absolute Gasteiger partial charge is 0.326 e. The van der Waals surface area contributed by atoms with Crippen molar-refractivity contribution >= 4 is 5.91 Å². The summed E-state index contributed by atoms with van der Waals surface area (Å²) in [5, 5.41) is 2.68. The summed E-state index contributed by atoms with van der Waals surface area (Å²) in [6.07, 6.45) is 2.20. The second kappa shape index (κ2) is 2.05. The smallest absolute Gasteiger partial charge is 0.228 e. The maximum atomic E-state index is 10.6.